The van der Waals surface area contributed by atoms with Gasteiger partial charge < -0.3 is 30.6 Å². The van der Waals surface area contributed by atoms with Gasteiger partial charge in [0.1, 0.15) is 12.2 Å². The Kier molecular flexibility index (Phi) is 9.93. The third-order valence-electron chi connectivity index (χ3n) is 6.33. The molecule has 35 heavy (non-hydrogen) atoms. The Labute approximate surface area is 206 Å². The van der Waals surface area contributed by atoms with Crippen LogP contribution < -0.4 is 5.32 Å². The fraction of sp³-hybridized carbons (Fsp3) is 0.560. The minimum Gasteiger partial charge on any atom is -0.395 e. The van der Waals surface area contributed by atoms with Crippen molar-refractivity contribution in [3.8, 4) is 11.4 Å². The second kappa shape index (κ2) is 12.9. The number of aliphatic hydroxyl groups is 4. The van der Waals surface area contributed by atoms with Crippen LogP contribution in [0.25, 0.3) is 11.4 Å². The molecule has 2 aromatic rings. The van der Waals surface area contributed by atoms with Crippen LogP contribution in [0.3, 0.4) is 0 Å². The molecule has 3 rings (SSSR count). The largest absolute Gasteiger partial charge is 0.395 e. The van der Waals surface area contributed by atoms with Gasteiger partial charge in [-0.3, -0.25) is 9.69 Å². The summed E-state index contributed by atoms with van der Waals surface area (Å²) in [5, 5.41) is 42.8. The number of hydrogen-bond acceptors (Lipinski definition) is 9. The van der Waals surface area contributed by atoms with E-state index in [9.17, 15) is 25.2 Å². The van der Waals surface area contributed by atoms with E-state index in [0.29, 0.717) is 17.9 Å². The number of nitrogens with zero attached hydrogens (tertiary/aromatic N) is 4. The monoisotopic (exact) mass is 487 g/mol. The van der Waals surface area contributed by atoms with E-state index in [-0.39, 0.29) is 19.1 Å². The molecule has 1 saturated heterocycles. The molecule has 0 unspecified atom stereocenters. The molecular formula is C25H37N5O5. The number of carbonyl (C=O) groups is 1. The number of nitrogens with one attached hydrogen (secondary N) is 1. The SMILES string of the molecule is CN(C)C(=O)c1cc(NCCCCCCN2C[C@H](O)[C@@H](O)[C@H](O)[C@H]2CO)cc(-c2ncccn2)c1. The molecule has 0 spiro atoms. The van der Waals surface area contributed by atoms with E-state index in [0.717, 1.165) is 43.5 Å². The third kappa shape index (κ3) is 7.18. The number of benzene rings is 1. The predicted molar refractivity (Wildman–Crippen MR) is 133 cm³/mol. The molecule has 0 radical (unpaired) electrons. The molecule has 10 heteroatoms. The van der Waals surface area contributed by atoms with Crippen molar-refractivity contribution in [2.75, 3.05) is 45.7 Å². The summed E-state index contributed by atoms with van der Waals surface area (Å²) in [5.74, 6) is 0.470. The molecule has 1 aromatic carbocycles. The first-order valence-corrected chi connectivity index (χ1v) is 12.1. The number of β-amino-alcohol motifs (C(OH)–C–C–N with tert-alkyl or cyclic N) is 1. The first-order valence-electron chi connectivity index (χ1n) is 12.1. The minimum absolute atomic E-state index is 0.0903. The lowest BCUT2D eigenvalue weighted by atomic mass is 9.94. The van der Waals surface area contributed by atoms with Crippen LogP contribution in [0.4, 0.5) is 5.69 Å². The molecule has 1 amide bonds. The first kappa shape index (κ1) is 27.0. The number of amides is 1. The summed E-state index contributed by atoms with van der Waals surface area (Å²) in [6.45, 7) is 1.34. The van der Waals surface area contributed by atoms with Gasteiger partial charge in [0, 0.05) is 56.4 Å². The second-order valence-corrected chi connectivity index (χ2v) is 9.21. The molecular weight excluding hydrogens is 450 g/mol. The van der Waals surface area contributed by atoms with Crippen LogP contribution in [0.15, 0.2) is 36.7 Å². The summed E-state index contributed by atoms with van der Waals surface area (Å²) in [5.41, 5.74) is 2.17. The van der Waals surface area contributed by atoms with Gasteiger partial charge in [0.25, 0.3) is 5.91 Å². The van der Waals surface area contributed by atoms with Gasteiger partial charge in [0.05, 0.1) is 18.8 Å². The van der Waals surface area contributed by atoms with Gasteiger partial charge in [-0.1, -0.05) is 12.8 Å². The molecule has 1 aromatic heterocycles. The quantitative estimate of drug-likeness (QED) is 0.288. The van der Waals surface area contributed by atoms with Crippen molar-refractivity contribution in [1.82, 2.24) is 19.8 Å². The van der Waals surface area contributed by atoms with E-state index in [2.05, 4.69) is 15.3 Å². The molecule has 5 N–H and O–H groups in total. The topological polar surface area (TPSA) is 142 Å². The zero-order chi connectivity index (χ0) is 25.4. The summed E-state index contributed by atoms with van der Waals surface area (Å²) in [4.78, 5) is 24.5. The number of unbranched alkanes of at least 4 members (excludes halogenated alkanes) is 3. The highest BCUT2D eigenvalue weighted by atomic mass is 16.4. The maximum absolute atomic E-state index is 12.6. The van der Waals surface area contributed by atoms with Gasteiger partial charge in [-0.15, -0.1) is 0 Å². The Morgan fingerprint density at radius 2 is 1.77 bits per heavy atom. The summed E-state index contributed by atoms with van der Waals surface area (Å²) < 4.78 is 0. The fourth-order valence-corrected chi connectivity index (χ4v) is 4.35. The zero-order valence-corrected chi connectivity index (χ0v) is 20.4. The highest BCUT2D eigenvalue weighted by Gasteiger charge is 2.40. The standard InChI is InChI=1S/C25H37N5O5/c1-29(2)25(35)18-12-17(24-27-9-7-10-28-24)13-19(14-18)26-8-5-3-4-6-11-30-15-21(32)23(34)22(33)20(30)16-31/h7,9-10,12-14,20-23,26,31-34H,3-6,8,11,15-16H2,1-2H3/t20-,21+,22-,23-/m1/s1. The van der Waals surface area contributed by atoms with Crippen molar-refractivity contribution in [1.29, 1.82) is 0 Å². The van der Waals surface area contributed by atoms with Gasteiger partial charge in [0.15, 0.2) is 5.82 Å². The average molecular weight is 488 g/mol. The molecule has 4 atom stereocenters. The predicted octanol–water partition coefficient (Wildman–Crippen LogP) is 0.577. The molecule has 1 aliphatic heterocycles. The summed E-state index contributed by atoms with van der Waals surface area (Å²) in [6.07, 6.45) is 3.65. The zero-order valence-electron chi connectivity index (χ0n) is 20.4. The van der Waals surface area contributed by atoms with Crippen LogP contribution >= 0.6 is 0 Å². The van der Waals surface area contributed by atoms with Crippen molar-refractivity contribution >= 4 is 11.6 Å². The van der Waals surface area contributed by atoms with E-state index >= 15 is 0 Å². The lowest BCUT2D eigenvalue weighted by Crippen LogP contribution is -2.62. The average Bonchev–Trinajstić information content (AvgIpc) is 2.86. The number of carbonyl (C=O) groups excluding carboxylic acids is 1. The van der Waals surface area contributed by atoms with E-state index < -0.39 is 24.4 Å². The normalized spacial score (nSPS) is 22.7. The van der Waals surface area contributed by atoms with Crippen molar-refractivity contribution in [3.63, 3.8) is 0 Å². The number of anilines is 1. The molecule has 0 bridgehead atoms. The highest BCUT2D eigenvalue weighted by Crippen LogP contribution is 2.23. The molecule has 192 valence electrons. The number of hydrogen-bond donors (Lipinski definition) is 5. The van der Waals surface area contributed by atoms with Crippen LogP contribution in [0.2, 0.25) is 0 Å². The van der Waals surface area contributed by atoms with Gasteiger partial charge in [-0.25, -0.2) is 9.97 Å². The number of rotatable bonds is 11. The Bertz CT molecular complexity index is 945. The lowest BCUT2D eigenvalue weighted by Gasteiger charge is -2.43. The number of likely N-dealkylation sites (tertiary alicyclic amines) is 1. The summed E-state index contributed by atoms with van der Waals surface area (Å²) >= 11 is 0. The Hall–Kier alpha value is -2.63. The van der Waals surface area contributed by atoms with Crippen molar-refractivity contribution in [2.24, 2.45) is 0 Å². The van der Waals surface area contributed by atoms with Crippen LogP contribution in [0.1, 0.15) is 36.0 Å². The van der Waals surface area contributed by atoms with E-state index in [4.69, 9.17) is 0 Å². The van der Waals surface area contributed by atoms with Crippen molar-refractivity contribution in [2.45, 2.75) is 50.0 Å². The third-order valence-corrected chi connectivity index (χ3v) is 6.33. The van der Waals surface area contributed by atoms with E-state index in [1.165, 1.54) is 4.90 Å². The number of aromatic nitrogens is 2. The molecule has 1 aliphatic rings. The van der Waals surface area contributed by atoms with Gasteiger partial charge in [-0.05, 0) is 43.7 Å². The van der Waals surface area contributed by atoms with Crippen LogP contribution in [0.5, 0.6) is 0 Å². The Morgan fingerprint density at radius 3 is 2.46 bits per heavy atom. The summed E-state index contributed by atoms with van der Waals surface area (Å²) in [6, 6.07) is 6.77. The van der Waals surface area contributed by atoms with E-state index in [1.807, 2.05) is 17.0 Å². The van der Waals surface area contributed by atoms with Crippen LogP contribution in [0, 0.1) is 0 Å². The van der Waals surface area contributed by atoms with E-state index in [1.54, 1.807) is 38.6 Å². The maximum atomic E-state index is 12.6. The van der Waals surface area contributed by atoms with Crippen molar-refractivity contribution < 1.29 is 25.2 Å². The van der Waals surface area contributed by atoms with Gasteiger partial charge in [-0.2, -0.15) is 0 Å². The molecule has 0 saturated carbocycles. The smallest absolute Gasteiger partial charge is 0.253 e. The van der Waals surface area contributed by atoms with Crippen molar-refractivity contribution in [3.05, 3.63) is 42.2 Å². The lowest BCUT2D eigenvalue weighted by molar-refractivity contribution is -0.145. The van der Waals surface area contributed by atoms with Gasteiger partial charge >= 0.3 is 0 Å². The fourth-order valence-electron chi connectivity index (χ4n) is 4.35. The summed E-state index contributed by atoms with van der Waals surface area (Å²) in [7, 11) is 3.44. The highest BCUT2D eigenvalue weighted by molar-refractivity contribution is 5.96. The van der Waals surface area contributed by atoms with Crippen LogP contribution in [-0.4, -0.2) is 111 Å². The number of piperidine rings is 1. The van der Waals surface area contributed by atoms with Crippen LogP contribution in [-0.2, 0) is 0 Å². The molecule has 1 fully saturated rings. The maximum Gasteiger partial charge on any atom is 0.253 e. The van der Waals surface area contributed by atoms with Gasteiger partial charge in [0.2, 0.25) is 0 Å². The molecule has 0 aliphatic carbocycles. The Morgan fingerprint density at radius 1 is 1.06 bits per heavy atom. The molecule has 2 heterocycles. The first-order chi connectivity index (χ1) is 16.8. The molecule has 10 nitrogen and oxygen atoms in total. The number of aliphatic hydroxyl groups excluding tert-OH is 4. The second-order valence-electron chi connectivity index (χ2n) is 9.21. The Balaban J connectivity index is 1.48. The minimum atomic E-state index is -1.23.